The first-order valence-electron chi connectivity index (χ1n) is 6.67. The molecule has 0 fully saturated rings. The Kier molecular flexibility index (Phi) is 4.93. The molecule has 0 aliphatic heterocycles. The second-order valence-corrected chi connectivity index (χ2v) is 5.42. The summed E-state index contributed by atoms with van der Waals surface area (Å²) in [6, 6.07) is 1.70. The molecule has 0 bridgehead atoms. The van der Waals surface area contributed by atoms with Gasteiger partial charge in [-0.15, -0.1) is 0 Å². The molecule has 0 aromatic carbocycles. The summed E-state index contributed by atoms with van der Waals surface area (Å²) >= 11 is 5.87. The molecule has 2 rings (SSSR count). The van der Waals surface area contributed by atoms with E-state index in [0.717, 1.165) is 12.3 Å². The Bertz CT molecular complexity index is 697. The maximum atomic E-state index is 12.5. The maximum absolute atomic E-state index is 12.5. The highest BCUT2D eigenvalue weighted by molar-refractivity contribution is 6.30. The lowest BCUT2D eigenvalue weighted by Crippen LogP contribution is -2.28. The predicted octanol–water partition coefficient (Wildman–Crippen LogP) is 2.91. The highest BCUT2D eigenvalue weighted by Crippen LogP contribution is 2.27. The molecule has 124 valence electrons. The molecule has 1 N–H and O–H groups in total. The lowest BCUT2D eigenvalue weighted by atomic mass is 10.1. The third-order valence-corrected chi connectivity index (χ3v) is 3.48. The molecule has 0 radical (unpaired) electrons. The molecule has 0 aliphatic carbocycles. The summed E-state index contributed by atoms with van der Waals surface area (Å²) in [7, 11) is 1.68. The quantitative estimate of drug-likeness (QED) is 0.926. The normalized spacial score (nSPS) is 13.0. The van der Waals surface area contributed by atoms with Crippen molar-refractivity contribution in [3.63, 3.8) is 0 Å². The monoisotopic (exact) mass is 346 g/mol. The van der Waals surface area contributed by atoms with Crippen LogP contribution >= 0.6 is 11.6 Å². The smallest absolute Gasteiger partial charge is 0.349 e. The predicted molar refractivity (Wildman–Crippen MR) is 77.7 cm³/mol. The molecule has 0 saturated heterocycles. The van der Waals surface area contributed by atoms with E-state index in [1.165, 1.54) is 10.7 Å². The minimum absolute atomic E-state index is 0.0328. The van der Waals surface area contributed by atoms with E-state index in [1.54, 1.807) is 20.2 Å². The van der Waals surface area contributed by atoms with Crippen LogP contribution in [0.25, 0.3) is 0 Å². The van der Waals surface area contributed by atoms with Crippen LogP contribution in [-0.4, -0.2) is 20.7 Å². The fraction of sp³-hybridized carbons (Fsp3) is 0.357. The number of aromatic nitrogens is 3. The van der Waals surface area contributed by atoms with Crippen molar-refractivity contribution < 1.29 is 18.0 Å². The number of carbonyl (C=O) groups excluding carboxylic acids is 1. The number of aryl methyl sites for hydroxylation is 1. The SMILES string of the molecule is C[C@H](NC(=O)Cc1cn(C)nc1Cl)c1ccc(C(F)(F)F)nc1. The van der Waals surface area contributed by atoms with Crippen LogP contribution in [0.3, 0.4) is 0 Å². The summed E-state index contributed by atoms with van der Waals surface area (Å²) in [6.07, 6.45) is -1.72. The molecule has 5 nitrogen and oxygen atoms in total. The Labute approximate surface area is 135 Å². The summed E-state index contributed by atoms with van der Waals surface area (Å²) in [4.78, 5) is 15.3. The van der Waals surface area contributed by atoms with E-state index in [4.69, 9.17) is 11.6 Å². The van der Waals surface area contributed by atoms with Crippen LogP contribution in [0, 0.1) is 0 Å². The van der Waals surface area contributed by atoms with Crippen LogP contribution in [-0.2, 0) is 24.4 Å². The highest BCUT2D eigenvalue weighted by atomic mass is 35.5. The average molecular weight is 347 g/mol. The Morgan fingerprint density at radius 2 is 2.13 bits per heavy atom. The molecule has 2 aromatic heterocycles. The molecule has 2 aromatic rings. The van der Waals surface area contributed by atoms with E-state index in [2.05, 4.69) is 15.4 Å². The van der Waals surface area contributed by atoms with Gasteiger partial charge in [0.1, 0.15) is 5.69 Å². The number of rotatable bonds is 4. The standard InChI is InChI=1S/C14H14ClF3N4O/c1-8(9-3-4-11(19-6-9)14(16,17)18)20-12(23)5-10-7-22(2)21-13(10)15/h3-4,6-8H,5H2,1-2H3,(H,20,23)/t8-/m0/s1. The molecule has 0 saturated carbocycles. The molecule has 0 unspecified atom stereocenters. The van der Waals surface area contributed by atoms with Gasteiger partial charge >= 0.3 is 6.18 Å². The Morgan fingerprint density at radius 1 is 1.43 bits per heavy atom. The van der Waals surface area contributed by atoms with Crippen LogP contribution in [0.15, 0.2) is 24.5 Å². The number of carbonyl (C=O) groups is 1. The molecular formula is C14H14ClF3N4O. The van der Waals surface area contributed by atoms with Crippen molar-refractivity contribution in [2.75, 3.05) is 0 Å². The fourth-order valence-corrected chi connectivity index (χ4v) is 2.24. The van der Waals surface area contributed by atoms with Gasteiger partial charge in [-0.25, -0.2) is 0 Å². The van der Waals surface area contributed by atoms with Crippen molar-refractivity contribution in [2.45, 2.75) is 25.6 Å². The number of nitrogens with one attached hydrogen (secondary N) is 1. The van der Waals surface area contributed by atoms with Crippen LogP contribution in [0.1, 0.15) is 29.8 Å². The number of pyridine rings is 1. The van der Waals surface area contributed by atoms with Crippen molar-refractivity contribution in [1.29, 1.82) is 0 Å². The van der Waals surface area contributed by atoms with Gasteiger partial charge in [0, 0.05) is 25.0 Å². The van der Waals surface area contributed by atoms with Gasteiger partial charge in [0.05, 0.1) is 12.5 Å². The molecular weight excluding hydrogens is 333 g/mol. The minimum atomic E-state index is -4.48. The third-order valence-electron chi connectivity index (χ3n) is 3.16. The maximum Gasteiger partial charge on any atom is 0.433 e. The van der Waals surface area contributed by atoms with Crippen LogP contribution in [0.2, 0.25) is 5.15 Å². The molecule has 2 heterocycles. The third kappa shape index (κ3) is 4.44. The fourth-order valence-electron chi connectivity index (χ4n) is 2.01. The zero-order valence-electron chi connectivity index (χ0n) is 12.4. The van der Waals surface area contributed by atoms with Crippen molar-refractivity contribution in [3.05, 3.63) is 46.5 Å². The second kappa shape index (κ2) is 6.57. The van der Waals surface area contributed by atoms with Gasteiger partial charge in [0.25, 0.3) is 0 Å². The summed E-state index contributed by atoms with van der Waals surface area (Å²) in [5.74, 6) is -0.313. The molecule has 1 amide bonds. The van der Waals surface area contributed by atoms with Gasteiger partial charge in [-0.1, -0.05) is 17.7 Å². The number of hydrogen-bond acceptors (Lipinski definition) is 3. The van der Waals surface area contributed by atoms with Crippen molar-refractivity contribution in [1.82, 2.24) is 20.1 Å². The lowest BCUT2D eigenvalue weighted by molar-refractivity contribution is -0.141. The minimum Gasteiger partial charge on any atom is -0.349 e. The Morgan fingerprint density at radius 3 is 2.61 bits per heavy atom. The van der Waals surface area contributed by atoms with Gasteiger partial charge in [0.2, 0.25) is 5.91 Å². The first-order chi connectivity index (χ1) is 10.7. The zero-order chi connectivity index (χ0) is 17.2. The first kappa shape index (κ1) is 17.3. The summed E-state index contributed by atoms with van der Waals surface area (Å²) in [6.45, 7) is 1.66. The Hall–Kier alpha value is -2.09. The van der Waals surface area contributed by atoms with Gasteiger partial charge in [0.15, 0.2) is 5.15 Å². The van der Waals surface area contributed by atoms with Crippen LogP contribution in [0.4, 0.5) is 13.2 Å². The van der Waals surface area contributed by atoms with Crippen molar-refractivity contribution >= 4 is 17.5 Å². The van der Waals surface area contributed by atoms with E-state index in [0.29, 0.717) is 11.1 Å². The topological polar surface area (TPSA) is 59.8 Å². The van der Waals surface area contributed by atoms with Gasteiger partial charge in [-0.2, -0.15) is 18.3 Å². The van der Waals surface area contributed by atoms with Crippen LogP contribution < -0.4 is 5.32 Å². The van der Waals surface area contributed by atoms with Gasteiger partial charge < -0.3 is 5.32 Å². The van der Waals surface area contributed by atoms with Crippen molar-refractivity contribution in [3.8, 4) is 0 Å². The molecule has 0 aliphatic rings. The van der Waals surface area contributed by atoms with E-state index >= 15 is 0 Å². The first-order valence-corrected chi connectivity index (χ1v) is 7.05. The lowest BCUT2D eigenvalue weighted by Gasteiger charge is -2.14. The zero-order valence-corrected chi connectivity index (χ0v) is 13.1. The second-order valence-electron chi connectivity index (χ2n) is 5.06. The van der Waals surface area contributed by atoms with E-state index < -0.39 is 17.9 Å². The summed E-state index contributed by atoms with van der Waals surface area (Å²) < 4.78 is 38.9. The number of amides is 1. The summed E-state index contributed by atoms with van der Waals surface area (Å²) in [5, 5.41) is 6.85. The number of halogens is 4. The number of nitrogens with zero attached hydrogens (tertiary/aromatic N) is 3. The van der Waals surface area contributed by atoms with E-state index in [-0.39, 0.29) is 17.5 Å². The summed E-state index contributed by atoms with van der Waals surface area (Å²) in [5.41, 5.74) is 0.0787. The molecule has 0 spiro atoms. The largest absolute Gasteiger partial charge is 0.433 e. The molecule has 1 atom stereocenters. The van der Waals surface area contributed by atoms with Crippen molar-refractivity contribution in [2.24, 2.45) is 7.05 Å². The van der Waals surface area contributed by atoms with Crippen LogP contribution in [0.5, 0.6) is 0 Å². The number of hydrogen-bond donors (Lipinski definition) is 1. The number of alkyl halides is 3. The molecule has 9 heteroatoms. The van der Waals surface area contributed by atoms with Gasteiger partial charge in [-0.3, -0.25) is 14.5 Å². The van der Waals surface area contributed by atoms with E-state index in [1.807, 2.05) is 0 Å². The highest BCUT2D eigenvalue weighted by Gasteiger charge is 2.32. The van der Waals surface area contributed by atoms with Gasteiger partial charge in [-0.05, 0) is 18.6 Å². The van der Waals surface area contributed by atoms with E-state index in [9.17, 15) is 18.0 Å². The molecule has 23 heavy (non-hydrogen) atoms. The Balaban J connectivity index is 1.99. The average Bonchev–Trinajstić information content (AvgIpc) is 2.75.